The molecule has 0 aliphatic carbocycles. The molecule has 6 heteroatoms. The highest BCUT2D eigenvalue weighted by Crippen LogP contribution is 2.16. The molecular formula is C14H29N3O3. The lowest BCUT2D eigenvalue weighted by Crippen LogP contribution is -2.38. The zero-order chi connectivity index (χ0) is 15.2. The van der Waals surface area contributed by atoms with Gasteiger partial charge in [0.05, 0.1) is 13.2 Å². The van der Waals surface area contributed by atoms with Crippen molar-refractivity contribution in [3.05, 3.63) is 0 Å². The SMILES string of the molecule is CCCC(CCN)CCC(=O)NCC(=O)NCCOC. The van der Waals surface area contributed by atoms with E-state index in [1.54, 1.807) is 7.11 Å². The number of hydrogen-bond acceptors (Lipinski definition) is 4. The summed E-state index contributed by atoms with van der Waals surface area (Å²) in [4.78, 5) is 23.0. The number of methoxy groups -OCH3 is 1. The van der Waals surface area contributed by atoms with E-state index < -0.39 is 0 Å². The summed E-state index contributed by atoms with van der Waals surface area (Å²) in [5, 5.41) is 5.28. The first-order chi connectivity index (χ1) is 9.63. The van der Waals surface area contributed by atoms with Crippen molar-refractivity contribution in [1.82, 2.24) is 10.6 Å². The van der Waals surface area contributed by atoms with E-state index in [0.717, 1.165) is 25.7 Å². The van der Waals surface area contributed by atoms with Crippen LogP contribution >= 0.6 is 0 Å². The van der Waals surface area contributed by atoms with E-state index in [-0.39, 0.29) is 18.4 Å². The fraction of sp³-hybridized carbons (Fsp3) is 0.857. The molecule has 0 saturated carbocycles. The second-order valence-corrected chi connectivity index (χ2v) is 4.89. The van der Waals surface area contributed by atoms with Gasteiger partial charge in [-0.2, -0.15) is 0 Å². The molecule has 0 saturated heterocycles. The van der Waals surface area contributed by atoms with Crippen molar-refractivity contribution in [1.29, 1.82) is 0 Å². The fourth-order valence-electron chi connectivity index (χ4n) is 2.03. The van der Waals surface area contributed by atoms with E-state index in [0.29, 0.717) is 32.0 Å². The molecule has 0 bridgehead atoms. The number of hydrogen-bond donors (Lipinski definition) is 3. The Kier molecular flexibility index (Phi) is 12.1. The van der Waals surface area contributed by atoms with Gasteiger partial charge in [0, 0.05) is 20.1 Å². The highest BCUT2D eigenvalue weighted by atomic mass is 16.5. The van der Waals surface area contributed by atoms with E-state index in [2.05, 4.69) is 17.6 Å². The lowest BCUT2D eigenvalue weighted by Gasteiger charge is -2.14. The van der Waals surface area contributed by atoms with Crippen LogP contribution < -0.4 is 16.4 Å². The number of nitrogens with one attached hydrogen (secondary N) is 2. The van der Waals surface area contributed by atoms with Gasteiger partial charge in [-0.25, -0.2) is 0 Å². The molecule has 118 valence electrons. The second-order valence-electron chi connectivity index (χ2n) is 4.89. The van der Waals surface area contributed by atoms with Crippen molar-refractivity contribution in [3.8, 4) is 0 Å². The largest absolute Gasteiger partial charge is 0.383 e. The predicted octanol–water partition coefficient (Wildman–Crippen LogP) is 0.411. The molecule has 20 heavy (non-hydrogen) atoms. The summed E-state index contributed by atoms with van der Waals surface area (Å²) in [5.74, 6) is 0.235. The highest BCUT2D eigenvalue weighted by molar-refractivity contribution is 5.84. The molecular weight excluding hydrogens is 258 g/mol. The molecule has 0 aromatic carbocycles. The van der Waals surface area contributed by atoms with Gasteiger partial charge in [0.1, 0.15) is 0 Å². The van der Waals surface area contributed by atoms with Crippen LogP contribution in [-0.4, -0.2) is 45.2 Å². The molecule has 0 aliphatic heterocycles. The van der Waals surface area contributed by atoms with Crippen LogP contribution in [0, 0.1) is 5.92 Å². The van der Waals surface area contributed by atoms with Crippen LogP contribution in [0.25, 0.3) is 0 Å². The van der Waals surface area contributed by atoms with Crippen molar-refractivity contribution >= 4 is 11.8 Å². The first-order valence-corrected chi connectivity index (χ1v) is 7.36. The van der Waals surface area contributed by atoms with Gasteiger partial charge in [0.15, 0.2) is 0 Å². The molecule has 2 amide bonds. The number of carbonyl (C=O) groups excluding carboxylic acids is 2. The smallest absolute Gasteiger partial charge is 0.239 e. The van der Waals surface area contributed by atoms with E-state index >= 15 is 0 Å². The summed E-state index contributed by atoms with van der Waals surface area (Å²) >= 11 is 0. The number of rotatable bonds is 12. The van der Waals surface area contributed by atoms with Crippen LogP contribution in [0.3, 0.4) is 0 Å². The molecule has 0 rings (SSSR count). The molecule has 1 unspecified atom stereocenters. The fourth-order valence-corrected chi connectivity index (χ4v) is 2.03. The van der Waals surface area contributed by atoms with Gasteiger partial charge in [0.2, 0.25) is 11.8 Å². The molecule has 0 fully saturated rings. The van der Waals surface area contributed by atoms with E-state index in [9.17, 15) is 9.59 Å². The quantitative estimate of drug-likeness (QED) is 0.453. The lowest BCUT2D eigenvalue weighted by atomic mass is 9.94. The van der Waals surface area contributed by atoms with Crippen molar-refractivity contribution in [2.45, 2.75) is 39.0 Å². The minimum absolute atomic E-state index is 0.0257. The molecule has 0 heterocycles. The number of ether oxygens (including phenoxy) is 1. The van der Waals surface area contributed by atoms with Crippen LogP contribution in [0.1, 0.15) is 39.0 Å². The maximum absolute atomic E-state index is 11.6. The highest BCUT2D eigenvalue weighted by Gasteiger charge is 2.10. The Morgan fingerprint density at radius 1 is 1.15 bits per heavy atom. The lowest BCUT2D eigenvalue weighted by molar-refractivity contribution is -0.126. The zero-order valence-corrected chi connectivity index (χ0v) is 12.7. The Morgan fingerprint density at radius 3 is 2.50 bits per heavy atom. The third-order valence-corrected chi connectivity index (χ3v) is 3.13. The summed E-state index contributed by atoms with van der Waals surface area (Å²) in [5.41, 5.74) is 5.56. The molecule has 4 N–H and O–H groups in total. The summed E-state index contributed by atoms with van der Waals surface area (Å²) < 4.78 is 4.82. The Bertz CT molecular complexity index is 266. The standard InChI is InChI=1S/C14H29N3O3/c1-3-4-12(7-8-15)5-6-13(18)17-11-14(19)16-9-10-20-2/h12H,3-11,15H2,1-2H3,(H,16,19)(H,17,18). The minimum Gasteiger partial charge on any atom is -0.383 e. The van der Waals surface area contributed by atoms with Crippen molar-refractivity contribution in [2.75, 3.05) is 33.4 Å². The summed E-state index contributed by atoms with van der Waals surface area (Å²) in [7, 11) is 1.57. The molecule has 0 aromatic rings. The molecule has 0 spiro atoms. The average molecular weight is 287 g/mol. The monoisotopic (exact) mass is 287 g/mol. The van der Waals surface area contributed by atoms with Gasteiger partial charge >= 0.3 is 0 Å². The van der Waals surface area contributed by atoms with Crippen LogP contribution in [-0.2, 0) is 14.3 Å². The van der Waals surface area contributed by atoms with E-state index in [4.69, 9.17) is 10.5 Å². The molecule has 6 nitrogen and oxygen atoms in total. The molecule has 0 aromatic heterocycles. The van der Waals surface area contributed by atoms with Crippen LogP contribution in [0.15, 0.2) is 0 Å². The van der Waals surface area contributed by atoms with E-state index in [1.165, 1.54) is 0 Å². The maximum atomic E-state index is 11.6. The van der Waals surface area contributed by atoms with Crippen LogP contribution in [0.4, 0.5) is 0 Å². The van der Waals surface area contributed by atoms with Gasteiger partial charge in [-0.15, -0.1) is 0 Å². The topological polar surface area (TPSA) is 93.5 Å². The predicted molar refractivity (Wildman–Crippen MR) is 79.2 cm³/mol. The van der Waals surface area contributed by atoms with Crippen molar-refractivity contribution in [3.63, 3.8) is 0 Å². The number of nitrogens with two attached hydrogens (primary N) is 1. The van der Waals surface area contributed by atoms with Gasteiger partial charge in [-0.3, -0.25) is 9.59 Å². The molecule has 0 radical (unpaired) electrons. The third-order valence-electron chi connectivity index (χ3n) is 3.13. The zero-order valence-electron chi connectivity index (χ0n) is 12.7. The number of amides is 2. The van der Waals surface area contributed by atoms with E-state index in [1.807, 2.05) is 0 Å². The minimum atomic E-state index is -0.192. The first-order valence-electron chi connectivity index (χ1n) is 7.36. The van der Waals surface area contributed by atoms with Gasteiger partial charge in [0.25, 0.3) is 0 Å². The summed E-state index contributed by atoms with van der Waals surface area (Å²) in [6.07, 6.45) is 4.45. The van der Waals surface area contributed by atoms with Crippen LogP contribution in [0.5, 0.6) is 0 Å². The first kappa shape index (κ1) is 18.9. The Labute approximate surface area is 121 Å². The van der Waals surface area contributed by atoms with Crippen molar-refractivity contribution < 1.29 is 14.3 Å². The van der Waals surface area contributed by atoms with Crippen molar-refractivity contribution in [2.24, 2.45) is 11.7 Å². The van der Waals surface area contributed by atoms with Gasteiger partial charge < -0.3 is 21.1 Å². The third kappa shape index (κ3) is 10.8. The second kappa shape index (κ2) is 12.9. The van der Waals surface area contributed by atoms with Crippen LogP contribution in [0.2, 0.25) is 0 Å². The Hall–Kier alpha value is -1.14. The summed E-state index contributed by atoms with van der Waals surface area (Å²) in [6, 6.07) is 0. The maximum Gasteiger partial charge on any atom is 0.239 e. The van der Waals surface area contributed by atoms with Gasteiger partial charge in [-0.05, 0) is 25.3 Å². The average Bonchev–Trinajstić information content (AvgIpc) is 2.43. The van der Waals surface area contributed by atoms with Gasteiger partial charge in [-0.1, -0.05) is 19.8 Å². The number of carbonyl (C=O) groups is 2. The molecule has 0 aliphatic rings. The Morgan fingerprint density at radius 2 is 1.90 bits per heavy atom. The molecule has 1 atom stereocenters. The summed E-state index contributed by atoms with van der Waals surface area (Å²) in [6.45, 7) is 3.75. The Balaban J connectivity index is 3.73. The normalized spacial score (nSPS) is 11.9.